The molecule has 1 aliphatic rings. The summed E-state index contributed by atoms with van der Waals surface area (Å²) in [6.45, 7) is 4.61. The normalized spacial score (nSPS) is 19.4. The van der Waals surface area contributed by atoms with E-state index in [-0.39, 0.29) is 19.2 Å². The Bertz CT molecular complexity index is 1010. The molecular formula is C56H108O9. The molecule has 1 rings (SSSR count). The minimum absolute atomic E-state index is 0.108. The number of aliphatic hydroxyl groups excluding tert-OH is 4. The molecule has 0 radical (unpaired) electrons. The molecule has 1 aliphatic heterocycles. The van der Waals surface area contributed by atoms with E-state index in [0.29, 0.717) is 13.0 Å². The second kappa shape index (κ2) is 48.0. The molecule has 386 valence electrons. The lowest BCUT2D eigenvalue weighted by molar-refractivity contribution is -0.305. The summed E-state index contributed by atoms with van der Waals surface area (Å²) in [6.07, 6.45) is 49.7. The van der Waals surface area contributed by atoms with Crippen LogP contribution in [0.15, 0.2) is 12.2 Å². The summed E-state index contributed by atoms with van der Waals surface area (Å²) in [5.74, 6) is -0.306. The van der Waals surface area contributed by atoms with Gasteiger partial charge in [0.2, 0.25) is 0 Å². The number of rotatable bonds is 50. The minimum Gasteiger partial charge on any atom is -0.457 e. The smallest absolute Gasteiger partial charge is 0.306 e. The lowest BCUT2D eigenvalue weighted by Crippen LogP contribution is -2.59. The zero-order chi connectivity index (χ0) is 47.1. The molecular weight excluding hydrogens is 817 g/mol. The number of allylic oxidation sites excluding steroid dienone is 2. The summed E-state index contributed by atoms with van der Waals surface area (Å²) in [7, 11) is 0. The molecule has 9 heteroatoms. The molecule has 0 saturated carbocycles. The summed E-state index contributed by atoms with van der Waals surface area (Å²) in [5, 5.41) is 40.3. The van der Waals surface area contributed by atoms with Crippen molar-refractivity contribution in [2.45, 2.75) is 314 Å². The molecule has 6 unspecified atom stereocenters. The van der Waals surface area contributed by atoms with E-state index in [4.69, 9.17) is 18.9 Å². The van der Waals surface area contributed by atoms with Gasteiger partial charge in [-0.05, 0) is 38.5 Å². The van der Waals surface area contributed by atoms with Crippen LogP contribution in [0.4, 0.5) is 0 Å². The monoisotopic (exact) mass is 925 g/mol. The number of esters is 1. The lowest BCUT2D eigenvalue weighted by Gasteiger charge is -2.39. The SMILES string of the molecule is CCCCCCCC/C=C\CCCCCCCCCCOCC(COC1OC(CO)C(O)C(O)C1O)OC(=O)CCCCCCCCCCCCCCCCCCCCCCCCCC. The molecule has 0 aromatic heterocycles. The van der Waals surface area contributed by atoms with Crippen molar-refractivity contribution >= 4 is 5.97 Å². The van der Waals surface area contributed by atoms with E-state index in [2.05, 4.69) is 26.0 Å². The Labute approximate surface area is 401 Å². The van der Waals surface area contributed by atoms with E-state index in [9.17, 15) is 25.2 Å². The maximum absolute atomic E-state index is 12.9. The number of hydrogen-bond acceptors (Lipinski definition) is 9. The highest BCUT2D eigenvalue weighted by Gasteiger charge is 2.44. The summed E-state index contributed by atoms with van der Waals surface area (Å²) in [6, 6.07) is 0. The zero-order valence-electron chi connectivity index (χ0n) is 42.8. The van der Waals surface area contributed by atoms with Crippen molar-refractivity contribution in [1.82, 2.24) is 0 Å². The van der Waals surface area contributed by atoms with Gasteiger partial charge in [-0.25, -0.2) is 0 Å². The van der Waals surface area contributed by atoms with Crippen molar-refractivity contribution in [2.75, 3.05) is 26.4 Å². The van der Waals surface area contributed by atoms with Gasteiger partial charge < -0.3 is 39.4 Å². The van der Waals surface area contributed by atoms with E-state index in [0.717, 1.165) is 32.1 Å². The van der Waals surface area contributed by atoms with Crippen LogP contribution in [0.25, 0.3) is 0 Å². The Balaban J connectivity index is 2.14. The molecule has 0 amide bonds. The van der Waals surface area contributed by atoms with Crippen LogP contribution in [0.3, 0.4) is 0 Å². The van der Waals surface area contributed by atoms with Crippen molar-refractivity contribution in [3.8, 4) is 0 Å². The molecule has 0 spiro atoms. The zero-order valence-corrected chi connectivity index (χ0v) is 42.8. The van der Waals surface area contributed by atoms with Gasteiger partial charge in [-0.2, -0.15) is 0 Å². The molecule has 1 heterocycles. The Hall–Kier alpha value is -1.07. The highest BCUT2D eigenvalue weighted by molar-refractivity contribution is 5.69. The van der Waals surface area contributed by atoms with Crippen molar-refractivity contribution < 1.29 is 44.2 Å². The summed E-state index contributed by atoms with van der Waals surface area (Å²) >= 11 is 0. The Kier molecular flexibility index (Phi) is 45.7. The second-order valence-electron chi connectivity index (χ2n) is 19.7. The van der Waals surface area contributed by atoms with Crippen LogP contribution >= 0.6 is 0 Å². The second-order valence-corrected chi connectivity index (χ2v) is 19.7. The standard InChI is InChI=1S/C56H108O9/c1-3-5-7-9-11-13-15-17-19-21-23-24-25-26-27-28-29-31-33-35-37-39-41-43-45-52(58)64-50(49-63-56-55(61)54(60)53(59)51(47-57)65-56)48-62-46-44-42-40-38-36-34-32-30-22-20-18-16-14-12-10-8-6-4-2/h18,20,50-51,53-57,59-61H,3-17,19,21-49H2,1-2H3/b20-18-. The van der Waals surface area contributed by atoms with E-state index in [1.165, 1.54) is 225 Å². The average molecular weight is 925 g/mol. The number of unbranched alkanes of at least 4 members (excludes halogenated alkanes) is 37. The van der Waals surface area contributed by atoms with Crippen molar-refractivity contribution in [3.05, 3.63) is 12.2 Å². The van der Waals surface area contributed by atoms with Crippen molar-refractivity contribution in [3.63, 3.8) is 0 Å². The highest BCUT2D eigenvalue weighted by atomic mass is 16.7. The lowest BCUT2D eigenvalue weighted by atomic mass is 9.99. The third kappa shape index (κ3) is 38.5. The first kappa shape index (κ1) is 61.9. The molecule has 0 aromatic rings. The topological polar surface area (TPSA) is 135 Å². The van der Waals surface area contributed by atoms with Gasteiger partial charge in [-0.1, -0.05) is 244 Å². The predicted octanol–water partition coefficient (Wildman–Crippen LogP) is 14.3. The molecule has 1 fully saturated rings. The van der Waals surface area contributed by atoms with Crippen LogP contribution in [0, 0.1) is 0 Å². The molecule has 0 bridgehead atoms. The third-order valence-corrected chi connectivity index (χ3v) is 13.4. The Morgan fingerprint density at radius 2 is 0.846 bits per heavy atom. The number of aliphatic hydroxyl groups is 4. The van der Waals surface area contributed by atoms with Gasteiger partial charge in [0, 0.05) is 13.0 Å². The van der Waals surface area contributed by atoms with Gasteiger partial charge in [-0.15, -0.1) is 0 Å². The van der Waals surface area contributed by atoms with Crippen LogP contribution in [0.5, 0.6) is 0 Å². The van der Waals surface area contributed by atoms with E-state index < -0.39 is 43.4 Å². The highest BCUT2D eigenvalue weighted by Crippen LogP contribution is 2.23. The van der Waals surface area contributed by atoms with E-state index in [1.807, 2.05) is 0 Å². The minimum atomic E-state index is -1.53. The molecule has 65 heavy (non-hydrogen) atoms. The van der Waals surface area contributed by atoms with Gasteiger partial charge in [0.05, 0.1) is 19.8 Å². The van der Waals surface area contributed by atoms with Crippen LogP contribution < -0.4 is 0 Å². The Morgan fingerprint density at radius 1 is 0.477 bits per heavy atom. The molecule has 9 nitrogen and oxygen atoms in total. The van der Waals surface area contributed by atoms with Crippen molar-refractivity contribution in [1.29, 1.82) is 0 Å². The first-order valence-electron chi connectivity index (χ1n) is 28.3. The molecule has 0 aromatic carbocycles. The third-order valence-electron chi connectivity index (χ3n) is 13.4. The first-order chi connectivity index (χ1) is 31.9. The molecule has 4 N–H and O–H groups in total. The summed E-state index contributed by atoms with van der Waals surface area (Å²) in [5.41, 5.74) is 0. The number of hydrogen-bond donors (Lipinski definition) is 4. The van der Waals surface area contributed by atoms with Crippen LogP contribution in [-0.2, 0) is 23.7 Å². The fraction of sp³-hybridized carbons (Fsp3) is 0.946. The van der Waals surface area contributed by atoms with Gasteiger partial charge in [0.1, 0.15) is 30.5 Å². The Morgan fingerprint density at radius 3 is 1.25 bits per heavy atom. The maximum atomic E-state index is 12.9. The van der Waals surface area contributed by atoms with E-state index >= 15 is 0 Å². The van der Waals surface area contributed by atoms with Gasteiger partial charge in [0.15, 0.2) is 6.29 Å². The largest absolute Gasteiger partial charge is 0.457 e. The predicted molar refractivity (Wildman–Crippen MR) is 270 cm³/mol. The first-order valence-corrected chi connectivity index (χ1v) is 28.3. The molecule has 6 atom stereocenters. The summed E-state index contributed by atoms with van der Waals surface area (Å²) < 4.78 is 23.0. The van der Waals surface area contributed by atoms with Gasteiger partial charge in [-0.3, -0.25) is 4.79 Å². The fourth-order valence-electron chi connectivity index (χ4n) is 9.02. The summed E-state index contributed by atoms with van der Waals surface area (Å²) in [4.78, 5) is 12.9. The van der Waals surface area contributed by atoms with Gasteiger partial charge >= 0.3 is 5.97 Å². The molecule has 0 aliphatic carbocycles. The fourth-order valence-corrected chi connectivity index (χ4v) is 9.02. The van der Waals surface area contributed by atoms with Crippen LogP contribution in [0.2, 0.25) is 0 Å². The number of ether oxygens (including phenoxy) is 4. The average Bonchev–Trinajstić information content (AvgIpc) is 3.31. The quantitative estimate of drug-likeness (QED) is 0.0267. The van der Waals surface area contributed by atoms with E-state index in [1.54, 1.807) is 0 Å². The number of carbonyl (C=O) groups excluding carboxylic acids is 1. The van der Waals surface area contributed by atoms with Crippen LogP contribution in [-0.4, -0.2) is 89.6 Å². The number of carbonyl (C=O) groups is 1. The van der Waals surface area contributed by atoms with Gasteiger partial charge in [0.25, 0.3) is 0 Å². The van der Waals surface area contributed by atoms with Crippen LogP contribution in [0.1, 0.15) is 277 Å². The maximum Gasteiger partial charge on any atom is 0.306 e. The molecule has 1 saturated heterocycles. The van der Waals surface area contributed by atoms with Crippen molar-refractivity contribution in [2.24, 2.45) is 0 Å².